The molecule has 0 saturated carbocycles. The molecule has 0 aromatic heterocycles. The number of carbonyl (C=O) groups is 3. The second-order valence-electron chi connectivity index (χ2n) is 7.95. The second kappa shape index (κ2) is 12.7. The van der Waals surface area contributed by atoms with Gasteiger partial charge < -0.3 is 9.47 Å². The SMILES string of the molecule is O=C(Cc1ccccc1)N/N=C/c1ccc(OC(=O)c2ccc(Cl)cc2)cc1OC(=O)c1ccc(Cl)cc1. The van der Waals surface area contributed by atoms with Crippen molar-refractivity contribution in [3.8, 4) is 11.5 Å². The van der Waals surface area contributed by atoms with Gasteiger partial charge in [0.15, 0.2) is 0 Å². The lowest BCUT2D eigenvalue weighted by atomic mass is 10.1. The van der Waals surface area contributed by atoms with Gasteiger partial charge in [-0.3, -0.25) is 4.79 Å². The third-order valence-corrected chi connectivity index (χ3v) is 5.66. The van der Waals surface area contributed by atoms with Gasteiger partial charge in [-0.25, -0.2) is 15.0 Å². The largest absolute Gasteiger partial charge is 0.423 e. The summed E-state index contributed by atoms with van der Waals surface area (Å²) >= 11 is 11.8. The van der Waals surface area contributed by atoms with Crippen LogP contribution in [0.25, 0.3) is 0 Å². The normalized spacial score (nSPS) is 10.7. The van der Waals surface area contributed by atoms with Gasteiger partial charge in [0.25, 0.3) is 0 Å². The van der Waals surface area contributed by atoms with Gasteiger partial charge in [-0.15, -0.1) is 0 Å². The Bertz CT molecular complexity index is 1470. The Morgan fingerprint density at radius 3 is 1.92 bits per heavy atom. The van der Waals surface area contributed by atoms with Crippen molar-refractivity contribution >= 4 is 47.3 Å². The number of rotatable bonds is 8. The predicted molar refractivity (Wildman–Crippen MR) is 145 cm³/mol. The minimum atomic E-state index is -0.661. The molecule has 0 aliphatic carbocycles. The van der Waals surface area contributed by atoms with E-state index < -0.39 is 11.9 Å². The number of benzene rings is 4. The molecule has 0 saturated heterocycles. The van der Waals surface area contributed by atoms with E-state index in [1.165, 1.54) is 42.6 Å². The summed E-state index contributed by atoms with van der Waals surface area (Å²) in [5, 5.41) is 4.94. The Labute approximate surface area is 228 Å². The zero-order chi connectivity index (χ0) is 26.9. The molecule has 190 valence electrons. The zero-order valence-corrected chi connectivity index (χ0v) is 21.3. The van der Waals surface area contributed by atoms with E-state index >= 15 is 0 Å². The highest BCUT2D eigenvalue weighted by Gasteiger charge is 2.15. The van der Waals surface area contributed by atoms with Crippen LogP contribution in [0.2, 0.25) is 10.0 Å². The summed E-state index contributed by atoms with van der Waals surface area (Å²) < 4.78 is 11.0. The number of amides is 1. The molecule has 0 radical (unpaired) electrons. The van der Waals surface area contributed by atoms with Crippen LogP contribution in [-0.2, 0) is 11.2 Å². The molecule has 0 unspecified atom stereocenters. The van der Waals surface area contributed by atoms with Crippen molar-refractivity contribution in [2.75, 3.05) is 0 Å². The summed E-state index contributed by atoms with van der Waals surface area (Å²) in [6.45, 7) is 0. The molecule has 4 rings (SSSR count). The fourth-order valence-corrected chi connectivity index (χ4v) is 3.52. The number of nitrogens with zero attached hydrogens (tertiary/aromatic N) is 1. The number of nitrogens with one attached hydrogen (secondary N) is 1. The van der Waals surface area contributed by atoms with Crippen LogP contribution in [0.4, 0.5) is 0 Å². The van der Waals surface area contributed by atoms with E-state index in [4.69, 9.17) is 32.7 Å². The fourth-order valence-electron chi connectivity index (χ4n) is 3.26. The molecule has 1 amide bonds. The number of esters is 2. The highest BCUT2D eigenvalue weighted by molar-refractivity contribution is 6.31. The van der Waals surface area contributed by atoms with E-state index in [-0.39, 0.29) is 29.4 Å². The van der Waals surface area contributed by atoms with E-state index in [1.807, 2.05) is 30.3 Å². The van der Waals surface area contributed by atoms with Crippen molar-refractivity contribution in [2.24, 2.45) is 5.10 Å². The molecule has 7 nitrogen and oxygen atoms in total. The minimum Gasteiger partial charge on any atom is -0.423 e. The quantitative estimate of drug-likeness (QED) is 0.124. The van der Waals surface area contributed by atoms with Gasteiger partial charge >= 0.3 is 11.9 Å². The molecule has 0 aliphatic rings. The van der Waals surface area contributed by atoms with Gasteiger partial charge in [-0.2, -0.15) is 5.10 Å². The van der Waals surface area contributed by atoms with Crippen LogP contribution in [0.5, 0.6) is 11.5 Å². The van der Waals surface area contributed by atoms with Crippen LogP contribution in [0, 0.1) is 0 Å². The molecular formula is C29H20Cl2N2O5. The summed E-state index contributed by atoms with van der Waals surface area (Å²) in [5.41, 5.74) is 4.20. The molecule has 4 aromatic rings. The summed E-state index contributed by atoms with van der Waals surface area (Å²) in [4.78, 5) is 37.5. The number of hydrogen-bond acceptors (Lipinski definition) is 6. The molecule has 0 aliphatic heterocycles. The number of hydrazone groups is 1. The fraction of sp³-hybridized carbons (Fsp3) is 0.0345. The maximum Gasteiger partial charge on any atom is 0.343 e. The van der Waals surface area contributed by atoms with E-state index in [9.17, 15) is 14.4 Å². The van der Waals surface area contributed by atoms with E-state index in [2.05, 4.69) is 10.5 Å². The maximum atomic E-state index is 12.7. The first-order chi connectivity index (χ1) is 18.4. The lowest BCUT2D eigenvalue weighted by molar-refractivity contribution is -0.120. The first kappa shape index (κ1) is 26.6. The topological polar surface area (TPSA) is 94.1 Å². The third kappa shape index (κ3) is 7.52. The van der Waals surface area contributed by atoms with Crippen molar-refractivity contribution in [1.29, 1.82) is 0 Å². The van der Waals surface area contributed by atoms with Crippen LogP contribution < -0.4 is 14.9 Å². The Morgan fingerprint density at radius 2 is 1.32 bits per heavy atom. The summed E-state index contributed by atoms with van der Waals surface area (Å²) in [5.74, 6) is -1.40. The van der Waals surface area contributed by atoms with Crippen LogP contribution in [0.1, 0.15) is 31.8 Å². The number of halogens is 2. The summed E-state index contributed by atoms with van der Waals surface area (Å²) in [7, 11) is 0. The molecule has 4 aromatic carbocycles. The zero-order valence-electron chi connectivity index (χ0n) is 19.8. The maximum absolute atomic E-state index is 12.7. The summed E-state index contributed by atoms with van der Waals surface area (Å²) in [6.07, 6.45) is 1.48. The second-order valence-corrected chi connectivity index (χ2v) is 8.82. The van der Waals surface area contributed by atoms with Crippen molar-refractivity contribution < 1.29 is 23.9 Å². The molecule has 0 fully saturated rings. The first-order valence-electron chi connectivity index (χ1n) is 11.3. The number of ether oxygens (including phenoxy) is 2. The van der Waals surface area contributed by atoms with Crippen LogP contribution in [0.3, 0.4) is 0 Å². The molecule has 0 bridgehead atoms. The molecular weight excluding hydrogens is 527 g/mol. The average Bonchev–Trinajstić information content (AvgIpc) is 2.91. The van der Waals surface area contributed by atoms with Crippen LogP contribution in [-0.4, -0.2) is 24.1 Å². The van der Waals surface area contributed by atoms with E-state index in [0.717, 1.165) is 5.56 Å². The lowest BCUT2D eigenvalue weighted by Gasteiger charge is -2.11. The highest BCUT2D eigenvalue weighted by Crippen LogP contribution is 2.26. The van der Waals surface area contributed by atoms with Gasteiger partial charge in [0.2, 0.25) is 5.91 Å². The van der Waals surface area contributed by atoms with Crippen molar-refractivity contribution in [1.82, 2.24) is 5.43 Å². The highest BCUT2D eigenvalue weighted by atomic mass is 35.5. The van der Waals surface area contributed by atoms with Crippen LogP contribution >= 0.6 is 23.2 Å². The molecule has 38 heavy (non-hydrogen) atoms. The molecule has 0 atom stereocenters. The van der Waals surface area contributed by atoms with Gasteiger partial charge in [-0.1, -0.05) is 53.5 Å². The summed E-state index contributed by atoms with van der Waals surface area (Å²) in [6, 6.07) is 26.0. The van der Waals surface area contributed by atoms with Crippen LogP contribution in [0.15, 0.2) is 102 Å². The molecule has 9 heteroatoms. The molecule has 1 N–H and O–H groups in total. The Morgan fingerprint density at radius 1 is 0.737 bits per heavy atom. The molecule has 0 heterocycles. The van der Waals surface area contributed by atoms with Gasteiger partial charge in [0.1, 0.15) is 11.5 Å². The average molecular weight is 547 g/mol. The predicted octanol–water partition coefficient (Wildman–Crippen LogP) is 6.12. The third-order valence-electron chi connectivity index (χ3n) is 5.16. The Hall–Kier alpha value is -4.46. The first-order valence-corrected chi connectivity index (χ1v) is 12.1. The van der Waals surface area contributed by atoms with Crippen molar-refractivity contribution in [2.45, 2.75) is 6.42 Å². The van der Waals surface area contributed by atoms with Gasteiger partial charge in [-0.05, 0) is 66.2 Å². The molecule has 0 spiro atoms. The van der Waals surface area contributed by atoms with Crippen molar-refractivity contribution in [3.63, 3.8) is 0 Å². The Balaban J connectivity index is 1.53. The number of hydrogen-bond donors (Lipinski definition) is 1. The number of carbonyl (C=O) groups excluding carboxylic acids is 3. The van der Waals surface area contributed by atoms with Crippen molar-refractivity contribution in [3.05, 3.63) is 129 Å². The smallest absolute Gasteiger partial charge is 0.343 e. The monoisotopic (exact) mass is 546 g/mol. The standard InChI is InChI=1S/C29H20Cl2N2O5/c30-23-11-6-20(7-12-23)28(35)37-25-15-10-22(18-32-33-27(34)16-19-4-2-1-3-5-19)26(17-25)38-29(36)21-8-13-24(31)14-9-21/h1-15,17-18H,16H2,(H,33,34)/b32-18+. The van der Waals surface area contributed by atoms with Gasteiger partial charge in [0.05, 0.1) is 23.8 Å². The van der Waals surface area contributed by atoms with E-state index in [1.54, 1.807) is 30.3 Å². The lowest BCUT2D eigenvalue weighted by Crippen LogP contribution is -2.19. The minimum absolute atomic E-state index is 0.0624. The van der Waals surface area contributed by atoms with Gasteiger partial charge in [0, 0.05) is 21.7 Å². The van der Waals surface area contributed by atoms with E-state index in [0.29, 0.717) is 21.2 Å². The Kier molecular flexibility index (Phi) is 8.87.